The number of carbonyl (C=O) groups is 1. The van der Waals surface area contributed by atoms with Crippen LogP contribution in [-0.2, 0) is 6.42 Å². The normalized spacial score (nSPS) is 10.4. The number of aromatic nitrogens is 2. The second-order valence-electron chi connectivity index (χ2n) is 5.08. The van der Waals surface area contributed by atoms with Crippen molar-refractivity contribution in [2.45, 2.75) is 20.3 Å². The number of aromatic carboxylic acids is 1. The number of hydrogen-bond donors (Lipinski definition) is 1. The van der Waals surface area contributed by atoms with Crippen molar-refractivity contribution >= 4 is 11.7 Å². The van der Waals surface area contributed by atoms with Gasteiger partial charge in [0.25, 0.3) is 0 Å². The van der Waals surface area contributed by atoms with Gasteiger partial charge in [-0.25, -0.2) is 4.79 Å². The maximum atomic E-state index is 11.5. The van der Waals surface area contributed by atoms with Crippen LogP contribution in [0, 0.1) is 13.8 Å². The molecule has 0 fully saturated rings. The van der Waals surface area contributed by atoms with Gasteiger partial charge < -0.3 is 10.0 Å². The number of pyridine rings is 2. The van der Waals surface area contributed by atoms with E-state index in [0.29, 0.717) is 11.4 Å². The molecule has 0 radical (unpaired) electrons. The van der Waals surface area contributed by atoms with Crippen LogP contribution in [0.25, 0.3) is 0 Å². The highest BCUT2D eigenvalue weighted by molar-refractivity contribution is 5.95. The minimum absolute atomic E-state index is 0.276. The quantitative estimate of drug-likeness (QED) is 0.914. The van der Waals surface area contributed by atoms with Gasteiger partial charge in [-0.3, -0.25) is 9.97 Å². The van der Waals surface area contributed by atoms with Crippen LogP contribution in [0.2, 0.25) is 0 Å². The maximum Gasteiger partial charge on any atom is 0.339 e. The molecule has 0 aliphatic carbocycles. The summed E-state index contributed by atoms with van der Waals surface area (Å²) in [4.78, 5) is 21.7. The van der Waals surface area contributed by atoms with Gasteiger partial charge in [0.2, 0.25) is 0 Å². The summed E-state index contributed by atoms with van der Waals surface area (Å²) in [6.07, 6.45) is 4.36. The summed E-state index contributed by atoms with van der Waals surface area (Å²) in [5.74, 6) is -0.939. The topological polar surface area (TPSA) is 66.3 Å². The average molecular weight is 285 g/mol. The lowest BCUT2D eigenvalue weighted by molar-refractivity contribution is 0.0696. The fourth-order valence-electron chi connectivity index (χ4n) is 2.34. The van der Waals surface area contributed by atoms with Crippen molar-refractivity contribution in [2.24, 2.45) is 0 Å². The Balaban J connectivity index is 2.22. The first-order valence-corrected chi connectivity index (χ1v) is 6.80. The molecule has 0 unspecified atom stereocenters. The van der Waals surface area contributed by atoms with Gasteiger partial charge >= 0.3 is 5.97 Å². The van der Waals surface area contributed by atoms with Crippen LogP contribution >= 0.6 is 0 Å². The fourth-order valence-corrected chi connectivity index (χ4v) is 2.34. The Kier molecular flexibility index (Phi) is 4.52. The number of nitrogens with zero attached hydrogens (tertiary/aromatic N) is 3. The third kappa shape index (κ3) is 3.56. The molecule has 110 valence electrons. The maximum absolute atomic E-state index is 11.5. The van der Waals surface area contributed by atoms with Gasteiger partial charge in [-0.1, -0.05) is 0 Å². The second-order valence-corrected chi connectivity index (χ2v) is 5.08. The molecule has 21 heavy (non-hydrogen) atoms. The lowest BCUT2D eigenvalue weighted by atomic mass is 10.1. The van der Waals surface area contributed by atoms with Gasteiger partial charge in [0.1, 0.15) is 5.56 Å². The van der Waals surface area contributed by atoms with Crippen LogP contribution in [-0.4, -0.2) is 34.6 Å². The molecule has 0 saturated carbocycles. The van der Waals surface area contributed by atoms with E-state index in [9.17, 15) is 9.90 Å². The standard InChI is InChI=1S/C16H19N3O2/c1-11-10-14(15(16(20)21)12(2)18-11)19(3)9-6-13-4-7-17-8-5-13/h4-5,7-8,10H,6,9H2,1-3H3,(H,20,21). The zero-order valence-corrected chi connectivity index (χ0v) is 12.5. The minimum Gasteiger partial charge on any atom is -0.478 e. The first kappa shape index (κ1) is 15.0. The number of carboxylic acids is 1. The SMILES string of the molecule is Cc1cc(N(C)CCc2ccncc2)c(C(=O)O)c(C)n1. The van der Waals surface area contributed by atoms with Crippen LogP contribution in [0.4, 0.5) is 5.69 Å². The number of carboxylic acid groups (broad SMARTS) is 1. The first-order valence-electron chi connectivity index (χ1n) is 6.80. The monoisotopic (exact) mass is 285 g/mol. The minimum atomic E-state index is -0.939. The van der Waals surface area contributed by atoms with E-state index in [1.165, 1.54) is 5.56 Å². The molecule has 2 aromatic heterocycles. The molecular formula is C16H19N3O2. The Hall–Kier alpha value is -2.43. The van der Waals surface area contributed by atoms with Gasteiger partial charge in [-0.05, 0) is 44.0 Å². The highest BCUT2D eigenvalue weighted by atomic mass is 16.4. The lowest BCUT2D eigenvalue weighted by Gasteiger charge is -2.22. The Morgan fingerprint density at radius 1 is 1.29 bits per heavy atom. The van der Waals surface area contributed by atoms with Crippen LogP contribution in [0.5, 0.6) is 0 Å². The molecule has 0 aliphatic heterocycles. The molecule has 2 aromatic rings. The van der Waals surface area contributed by atoms with Crippen LogP contribution in [0.1, 0.15) is 27.3 Å². The van der Waals surface area contributed by atoms with Crippen molar-refractivity contribution in [3.63, 3.8) is 0 Å². The Bertz CT molecular complexity index is 641. The highest BCUT2D eigenvalue weighted by Gasteiger charge is 2.18. The summed E-state index contributed by atoms with van der Waals surface area (Å²) in [6, 6.07) is 5.76. The van der Waals surface area contributed by atoms with Crippen molar-refractivity contribution in [1.29, 1.82) is 0 Å². The van der Waals surface area contributed by atoms with Crippen molar-refractivity contribution in [3.05, 3.63) is 53.1 Å². The zero-order valence-electron chi connectivity index (χ0n) is 12.5. The van der Waals surface area contributed by atoms with E-state index in [4.69, 9.17) is 0 Å². The van der Waals surface area contributed by atoms with Crippen LogP contribution in [0.3, 0.4) is 0 Å². The fraction of sp³-hybridized carbons (Fsp3) is 0.312. The van der Waals surface area contributed by atoms with Crippen LogP contribution in [0.15, 0.2) is 30.6 Å². The van der Waals surface area contributed by atoms with E-state index >= 15 is 0 Å². The number of likely N-dealkylation sites (N-methyl/N-ethyl adjacent to an activating group) is 1. The number of rotatable bonds is 5. The van der Waals surface area contributed by atoms with Crippen molar-refractivity contribution in [1.82, 2.24) is 9.97 Å². The van der Waals surface area contributed by atoms with Crippen molar-refractivity contribution in [3.8, 4) is 0 Å². The number of anilines is 1. The predicted octanol–water partition coefficient (Wildman–Crippen LogP) is 2.47. The van der Waals surface area contributed by atoms with Gasteiger partial charge in [0, 0.05) is 31.7 Å². The third-order valence-corrected chi connectivity index (χ3v) is 3.42. The molecule has 0 spiro atoms. The smallest absolute Gasteiger partial charge is 0.339 e. The van der Waals surface area contributed by atoms with E-state index in [2.05, 4.69) is 9.97 Å². The Morgan fingerprint density at radius 2 is 1.95 bits per heavy atom. The molecular weight excluding hydrogens is 266 g/mol. The summed E-state index contributed by atoms with van der Waals surface area (Å²) in [6.45, 7) is 4.34. The van der Waals surface area contributed by atoms with E-state index in [-0.39, 0.29) is 5.56 Å². The van der Waals surface area contributed by atoms with Gasteiger partial charge in [-0.15, -0.1) is 0 Å². The van der Waals surface area contributed by atoms with Gasteiger partial charge in [-0.2, -0.15) is 0 Å². The van der Waals surface area contributed by atoms with Crippen molar-refractivity contribution in [2.75, 3.05) is 18.5 Å². The molecule has 2 rings (SSSR count). The molecule has 0 atom stereocenters. The Morgan fingerprint density at radius 3 is 2.57 bits per heavy atom. The third-order valence-electron chi connectivity index (χ3n) is 3.42. The van der Waals surface area contributed by atoms with Crippen LogP contribution < -0.4 is 4.90 Å². The van der Waals surface area contributed by atoms with Crippen molar-refractivity contribution < 1.29 is 9.90 Å². The molecule has 2 heterocycles. The second kappa shape index (κ2) is 6.35. The molecule has 5 heteroatoms. The molecule has 0 aromatic carbocycles. The first-order chi connectivity index (χ1) is 9.99. The average Bonchev–Trinajstić information content (AvgIpc) is 2.44. The summed E-state index contributed by atoms with van der Waals surface area (Å²) in [5, 5.41) is 9.40. The Labute approximate surface area is 124 Å². The summed E-state index contributed by atoms with van der Waals surface area (Å²) in [7, 11) is 1.90. The summed E-state index contributed by atoms with van der Waals surface area (Å²) >= 11 is 0. The molecule has 0 saturated heterocycles. The summed E-state index contributed by atoms with van der Waals surface area (Å²) in [5.41, 5.74) is 3.53. The number of hydrogen-bond acceptors (Lipinski definition) is 4. The van der Waals surface area contributed by atoms with Gasteiger partial charge in [0.15, 0.2) is 0 Å². The molecule has 5 nitrogen and oxygen atoms in total. The summed E-state index contributed by atoms with van der Waals surface area (Å²) < 4.78 is 0. The highest BCUT2D eigenvalue weighted by Crippen LogP contribution is 2.23. The zero-order chi connectivity index (χ0) is 15.4. The van der Waals surface area contributed by atoms with E-state index < -0.39 is 5.97 Å². The van der Waals surface area contributed by atoms with E-state index in [0.717, 1.165) is 18.7 Å². The molecule has 0 bridgehead atoms. The number of aryl methyl sites for hydroxylation is 2. The van der Waals surface area contributed by atoms with E-state index in [1.807, 2.05) is 37.1 Å². The molecule has 0 aliphatic rings. The lowest BCUT2D eigenvalue weighted by Crippen LogP contribution is -2.24. The largest absolute Gasteiger partial charge is 0.478 e. The molecule has 0 amide bonds. The van der Waals surface area contributed by atoms with Gasteiger partial charge in [0.05, 0.1) is 11.4 Å². The predicted molar refractivity (Wildman–Crippen MR) is 81.9 cm³/mol. The molecule has 1 N–H and O–H groups in total. The van der Waals surface area contributed by atoms with E-state index in [1.54, 1.807) is 19.3 Å².